The summed E-state index contributed by atoms with van der Waals surface area (Å²) in [6, 6.07) is 14.6. The third-order valence-corrected chi connectivity index (χ3v) is 3.89. The number of hydrogen-bond acceptors (Lipinski definition) is 2. The highest BCUT2D eigenvalue weighted by Gasteiger charge is 2.20. The first-order chi connectivity index (χ1) is 10.9. The minimum Gasteiger partial charge on any atom is -0.314 e. The number of para-hydroxylation sites is 1. The largest absolute Gasteiger partial charge is 0.314 e. The molecule has 0 saturated carbocycles. The third-order valence-electron chi connectivity index (χ3n) is 3.65. The number of nitrogens with zero attached hydrogens (tertiary/aromatic N) is 2. The van der Waals surface area contributed by atoms with Crippen LogP contribution in [0.15, 0.2) is 48.5 Å². The van der Waals surface area contributed by atoms with Gasteiger partial charge < -0.3 is 9.80 Å². The Bertz CT molecular complexity index is 716. The molecule has 0 aliphatic carbocycles. The number of benzene rings is 2. The van der Waals surface area contributed by atoms with Crippen LogP contribution < -0.4 is 9.80 Å². The van der Waals surface area contributed by atoms with Crippen molar-refractivity contribution in [3.8, 4) is 0 Å². The van der Waals surface area contributed by atoms with Gasteiger partial charge in [-0.25, -0.2) is 0 Å². The molecule has 0 fully saturated rings. The van der Waals surface area contributed by atoms with E-state index in [4.69, 9.17) is 11.6 Å². The summed E-state index contributed by atoms with van der Waals surface area (Å²) in [7, 11) is 1.70. The van der Waals surface area contributed by atoms with Crippen molar-refractivity contribution in [1.29, 1.82) is 0 Å². The Hall–Kier alpha value is -2.33. The van der Waals surface area contributed by atoms with Gasteiger partial charge in [-0.3, -0.25) is 9.59 Å². The molecule has 0 saturated heterocycles. The quantitative estimate of drug-likeness (QED) is 0.858. The predicted molar refractivity (Wildman–Crippen MR) is 94.1 cm³/mol. The van der Waals surface area contributed by atoms with Gasteiger partial charge in [0.2, 0.25) is 11.8 Å². The molecular formula is C18H19ClN2O2. The van der Waals surface area contributed by atoms with Gasteiger partial charge in [-0.2, -0.15) is 0 Å². The number of rotatable bonds is 4. The van der Waals surface area contributed by atoms with Gasteiger partial charge in [0, 0.05) is 30.4 Å². The number of carbonyl (C=O) groups is 2. The van der Waals surface area contributed by atoms with Gasteiger partial charge >= 0.3 is 0 Å². The number of aryl methyl sites for hydroxylation is 1. The van der Waals surface area contributed by atoms with Crippen LogP contribution in [0.1, 0.15) is 12.5 Å². The standard InChI is InChI=1S/C18H19ClN2O2/c1-13-9-10-15(19)11-17(13)21(14(2)22)12-18(23)20(3)16-7-5-4-6-8-16/h4-11H,12H2,1-3H3. The molecule has 0 N–H and O–H groups in total. The summed E-state index contributed by atoms with van der Waals surface area (Å²) in [5.74, 6) is -0.379. The molecule has 0 unspecified atom stereocenters. The fourth-order valence-corrected chi connectivity index (χ4v) is 2.44. The van der Waals surface area contributed by atoms with Crippen LogP contribution in [-0.4, -0.2) is 25.4 Å². The molecule has 0 aliphatic rings. The van der Waals surface area contributed by atoms with Gasteiger partial charge in [0.1, 0.15) is 6.54 Å². The first-order valence-electron chi connectivity index (χ1n) is 7.26. The maximum Gasteiger partial charge on any atom is 0.246 e. The van der Waals surface area contributed by atoms with Gasteiger partial charge in [-0.15, -0.1) is 0 Å². The van der Waals surface area contributed by atoms with E-state index in [0.717, 1.165) is 11.3 Å². The minimum atomic E-state index is -0.204. The molecule has 0 spiro atoms. The highest BCUT2D eigenvalue weighted by molar-refractivity contribution is 6.31. The van der Waals surface area contributed by atoms with Crippen molar-refractivity contribution in [3.63, 3.8) is 0 Å². The van der Waals surface area contributed by atoms with E-state index in [1.165, 1.54) is 16.7 Å². The molecule has 4 nitrogen and oxygen atoms in total. The lowest BCUT2D eigenvalue weighted by atomic mass is 10.1. The smallest absolute Gasteiger partial charge is 0.246 e. The SMILES string of the molecule is CC(=O)N(CC(=O)N(C)c1ccccc1)c1cc(Cl)ccc1C. The zero-order valence-corrected chi connectivity index (χ0v) is 14.2. The second kappa shape index (κ2) is 7.29. The number of amides is 2. The first-order valence-corrected chi connectivity index (χ1v) is 7.64. The molecule has 2 aromatic carbocycles. The van der Waals surface area contributed by atoms with Crippen LogP contribution in [0.3, 0.4) is 0 Å². The zero-order chi connectivity index (χ0) is 17.0. The molecule has 2 aromatic rings. The van der Waals surface area contributed by atoms with Crippen LogP contribution in [0.5, 0.6) is 0 Å². The lowest BCUT2D eigenvalue weighted by molar-refractivity contribution is -0.121. The number of anilines is 2. The summed E-state index contributed by atoms with van der Waals surface area (Å²) in [5.41, 5.74) is 2.32. The van der Waals surface area contributed by atoms with Gasteiger partial charge in [0.15, 0.2) is 0 Å². The molecule has 0 heterocycles. The Balaban J connectivity index is 2.25. The van der Waals surface area contributed by atoms with E-state index in [1.54, 1.807) is 19.2 Å². The first kappa shape index (κ1) is 17.0. The Kier molecular flexibility index (Phi) is 5.40. The molecule has 0 aliphatic heterocycles. The van der Waals surface area contributed by atoms with Gasteiger partial charge in [0.05, 0.1) is 0 Å². The fourth-order valence-electron chi connectivity index (χ4n) is 2.28. The van der Waals surface area contributed by atoms with E-state index in [1.807, 2.05) is 43.3 Å². The highest BCUT2D eigenvalue weighted by atomic mass is 35.5. The third kappa shape index (κ3) is 4.11. The van der Waals surface area contributed by atoms with Crippen LogP contribution in [0, 0.1) is 6.92 Å². The lowest BCUT2D eigenvalue weighted by Gasteiger charge is -2.26. The number of likely N-dealkylation sites (N-methyl/N-ethyl adjacent to an activating group) is 1. The van der Waals surface area contributed by atoms with E-state index in [0.29, 0.717) is 10.7 Å². The highest BCUT2D eigenvalue weighted by Crippen LogP contribution is 2.25. The summed E-state index contributed by atoms with van der Waals surface area (Å²) >= 11 is 6.03. The van der Waals surface area contributed by atoms with E-state index in [-0.39, 0.29) is 18.4 Å². The Morgan fingerprint density at radius 1 is 1.09 bits per heavy atom. The predicted octanol–water partition coefficient (Wildman–Crippen LogP) is 3.66. The number of carbonyl (C=O) groups excluding carboxylic acids is 2. The van der Waals surface area contributed by atoms with Crippen molar-refractivity contribution >= 4 is 34.8 Å². The lowest BCUT2D eigenvalue weighted by Crippen LogP contribution is -2.41. The normalized spacial score (nSPS) is 10.3. The van der Waals surface area contributed by atoms with Crippen LogP contribution in [0.4, 0.5) is 11.4 Å². The van der Waals surface area contributed by atoms with Crippen LogP contribution in [0.2, 0.25) is 5.02 Å². The number of halogens is 1. The summed E-state index contributed by atoms with van der Waals surface area (Å²) in [6.07, 6.45) is 0. The molecule has 0 radical (unpaired) electrons. The van der Waals surface area contributed by atoms with Crippen molar-refractivity contribution in [2.75, 3.05) is 23.4 Å². The summed E-state index contributed by atoms with van der Waals surface area (Å²) in [5, 5.41) is 0.528. The average Bonchev–Trinajstić information content (AvgIpc) is 2.54. The summed E-state index contributed by atoms with van der Waals surface area (Å²) in [4.78, 5) is 27.5. The second-order valence-electron chi connectivity index (χ2n) is 5.32. The Labute approximate surface area is 141 Å². The van der Waals surface area contributed by atoms with Crippen molar-refractivity contribution in [3.05, 3.63) is 59.1 Å². The van der Waals surface area contributed by atoms with Crippen LogP contribution in [-0.2, 0) is 9.59 Å². The monoisotopic (exact) mass is 330 g/mol. The van der Waals surface area contributed by atoms with Crippen molar-refractivity contribution in [2.24, 2.45) is 0 Å². The van der Waals surface area contributed by atoms with Crippen molar-refractivity contribution in [1.82, 2.24) is 0 Å². The van der Waals surface area contributed by atoms with E-state index in [9.17, 15) is 9.59 Å². The van der Waals surface area contributed by atoms with E-state index >= 15 is 0 Å². The molecule has 2 amide bonds. The zero-order valence-electron chi connectivity index (χ0n) is 13.4. The van der Waals surface area contributed by atoms with Crippen LogP contribution >= 0.6 is 11.6 Å². The van der Waals surface area contributed by atoms with Crippen LogP contribution in [0.25, 0.3) is 0 Å². The van der Waals surface area contributed by atoms with Gasteiger partial charge in [0.25, 0.3) is 0 Å². The molecule has 0 bridgehead atoms. The second-order valence-corrected chi connectivity index (χ2v) is 5.76. The fraction of sp³-hybridized carbons (Fsp3) is 0.222. The van der Waals surface area contributed by atoms with E-state index < -0.39 is 0 Å². The summed E-state index contributed by atoms with van der Waals surface area (Å²) < 4.78 is 0. The molecule has 2 rings (SSSR count). The Morgan fingerprint density at radius 2 is 1.74 bits per heavy atom. The summed E-state index contributed by atoms with van der Waals surface area (Å²) in [6.45, 7) is 3.28. The Morgan fingerprint density at radius 3 is 2.35 bits per heavy atom. The maximum atomic E-state index is 12.5. The molecule has 0 atom stereocenters. The topological polar surface area (TPSA) is 40.6 Å². The van der Waals surface area contributed by atoms with E-state index in [2.05, 4.69) is 0 Å². The van der Waals surface area contributed by atoms with Gasteiger partial charge in [-0.1, -0.05) is 35.9 Å². The number of hydrogen-bond donors (Lipinski definition) is 0. The average molecular weight is 331 g/mol. The molecule has 120 valence electrons. The molecule has 0 aromatic heterocycles. The minimum absolute atomic E-state index is 0.0398. The maximum absolute atomic E-state index is 12.5. The van der Waals surface area contributed by atoms with Crippen molar-refractivity contribution < 1.29 is 9.59 Å². The van der Waals surface area contributed by atoms with Gasteiger partial charge in [-0.05, 0) is 36.8 Å². The molecule has 23 heavy (non-hydrogen) atoms. The van der Waals surface area contributed by atoms with Crippen molar-refractivity contribution in [2.45, 2.75) is 13.8 Å². The molecule has 5 heteroatoms. The molecular weight excluding hydrogens is 312 g/mol.